The van der Waals surface area contributed by atoms with E-state index in [1.54, 1.807) is 0 Å². The lowest BCUT2D eigenvalue weighted by molar-refractivity contribution is -0.384. The van der Waals surface area contributed by atoms with Crippen molar-refractivity contribution in [1.82, 2.24) is 4.98 Å². The number of nitro groups is 1. The SMILES string of the molecule is Nc1cc([N+](=O)[O-])cc(OCc2ccccc2)n1. The second kappa shape index (κ2) is 5.13. The smallest absolute Gasteiger partial charge is 0.278 e. The van der Waals surface area contributed by atoms with Gasteiger partial charge in [-0.05, 0) is 5.56 Å². The molecule has 0 amide bonds. The fourth-order valence-corrected chi connectivity index (χ4v) is 1.42. The molecule has 0 atom stereocenters. The Morgan fingerprint density at radius 1 is 1.28 bits per heavy atom. The Morgan fingerprint density at radius 3 is 2.67 bits per heavy atom. The van der Waals surface area contributed by atoms with Gasteiger partial charge in [-0.1, -0.05) is 30.3 Å². The number of ether oxygens (including phenoxy) is 1. The number of benzene rings is 1. The number of nitrogen functional groups attached to an aromatic ring is 1. The van der Waals surface area contributed by atoms with Crippen molar-refractivity contribution in [1.29, 1.82) is 0 Å². The number of aromatic nitrogens is 1. The molecule has 0 radical (unpaired) electrons. The molecule has 6 nitrogen and oxygen atoms in total. The lowest BCUT2D eigenvalue weighted by atomic mass is 10.2. The molecule has 0 fully saturated rings. The lowest BCUT2D eigenvalue weighted by Gasteiger charge is -2.05. The summed E-state index contributed by atoms with van der Waals surface area (Å²) in [7, 11) is 0. The van der Waals surface area contributed by atoms with Crippen LogP contribution >= 0.6 is 0 Å². The first-order valence-electron chi connectivity index (χ1n) is 5.24. The fraction of sp³-hybridized carbons (Fsp3) is 0.0833. The first kappa shape index (κ1) is 11.8. The monoisotopic (exact) mass is 245 g/mol. The maximum atomic E-state index is 10.6. The van der Waals surface area contributed by atoms with Crippen LogP contribution in [0, 0.1) is 10.1 Å². The quantitative estimate of drug-likeness (QED) is 0.658. The largest absolute Gasteiger partial charge is 0.473 e. The van der Waals surface area contributed by atoms with Crippen molar-refractivity contribution >= 4 is 11.5 Å². The maximum Gasteiger partial charge on any atom is 0.278 e. The Hall–Kier alpha value is -2.63. The van der Waals surface area contributed by atoms with Crippen LogP contribution in [0.1, 0.15) is 5.56 Å². The van der Waals surface area contributed by atoms with Gasteiger partial charge in [-0.2, -0.15) is 4.98 Å². The van der Waals surface area contributed by atoms with E-state index in [9.17, 15) is 10.1 Å². The zero-order valence-corrected chi connectivity index (χ0v) is 9.45. The molecular formula is C12H11N3O3. The van der Waals surface area contributed by atoms with E-state index in [4.69, 9.17) is 10.5 Å². The molecule has 2 N–H and O–H groups in total. The van der Waals surface area contributed by atoms with Crippen molar-refractivity contribution in [2.45, 2.75) is 6.61 Å². The fourth-order valence-electron chi connectivity index (χ4n) is 1.42. The van der Waals surface area contributed by atoms with Crippen LogP contribution in [-0.2, 0) is 6.61 Å². The van der Waals surface area contributed by atoms with Crippen LogP contribution in [-0.4, -0.2) is 9.91 Å². The number of nitrogens with zero attached hydrogens (tertiary/aromatic N) is 2. The zero-order valence-electron chi connectivity index (χ0n) is 9.45. The van der Waals surface area contributed by atoms with Gasteiger partial charge in [0.05, 0.1) is 17.1 Å². The number of nitrogens with two attached hydrogens (primary N) is 1. The van der Waals surface area contributed by atoms with Gasteiger partial charge in [0.1, 0.15) is 12.4 Å². The zero-order chi connectivity index (χ0) is 13.0. The van der Waals surface area contributed by atoms with Crippen molar-refractivity contribution in [2.24, 2.45) is 0 Å². The molecular weight excluding hydrogens is 234 g/mol. The Balaban J connectivity index is 2.12. The Kier molecular flexibility index (Phi) is 3.38. The molecule has 0 spiro atoms. The van der Waals surface area contributed by atoms with Gasteiger partial charge in [-0.3, -0.25) is 10.1 Å². The highest BCUT2D eigenvalue weighted by atomic mass is 16.6. The van der Waals surface area contributed by atoms with Gasteiger partial charge >= 0.3 is 0 Å². The van der Waals surface area contributed by atoms with Gasteiger partial charge in [0.25, 0.3) is 5.69 Å². The second-order valence-electron chi connectivity index (χ2n) is 3.62. The molecule has 0 aliphatic carbocycles. The molecule has 1 aromatic carbocycles. The van der Waals surface area contributed by atoms with Gasteiger partial charge in [-0.15, -0.1) is 0 Å². The molecule has 1 heterocycles. The standard InChI is InChI=1S/C12H11N3O3/c13-11-6-10(15(16)17)7-12(14-11)18-8-9-4-2-1-3-5-9/h1-7H,8H2,(H2,13,14). The topological polar surface area (TPSA) is 91.3 Å². The molecule has 6 heteroatoms. The van der Waals surface area contributed by atoms with Gasteiger partial charge in [0.2, 0.25) is 5.88 Å². The molecule has 1 aromatic heterocycles. The highest BCUT2D eigenvalue weighted by Crippen LogP contribution is 2.21. The van der Waals surface area contributed by atoms with E-state index in [-0.39, 0.29) is 24.0 Å². The van der Waals surface area contributed by atoms with Crippen LogP contribution in [0.25, 0.3) is 0 Å². The van der Waals surface area contributed by atoms with Gasteiger partial charge in [-0.25, -0.2) is 0 Å². The molecule has 0 saturated heterocycles. The van der Waals surface area contributed by atoms with Crippen LogP contribution in [0.2, 0.25) is 0 Å². The average Bonchev–Trinajstić information content (AvgIpc) is 2.37. The third-order valence-corrected chi connectivity index (χ3v) is 2.25. The summed E-state index contributed by atoms with van der Waals surface area (Å²) in [5.74, 6) is 0.206. The van der Waals surface area contributed by atoms with Gasteiger partial charge in [0, 0.05) is 0 Å². The average molecular weight is 245 g/mol. The molecule has 0 bridgehead atoms. The van der Waals surface area contributed by atoms with E-state index >= 15 is 0 Å². The molecule has 0 unspecified atom stereocenters. The van der Waals surface area contributed by atoms with Crippen LogP contribution in [0.15, 0.2) is 42.5 Å². The summed E-state index contributed by atoms with van der Waals surface area (Å²) >= 11 is 0. The number of hydrogen-bond acceptors (Lipinski definition) is 5. The van der Waals surface area contributed by atoms with Crippen LogP contribution in [0.4, 0.5) is 11.5 Å². The first-order valence-corrected chi connectivity index (χ1v) is 5.24. The predicted molar refractivity (Wildman–Crippen MR) is 66.1 cm³/mol. The van der Waals surface area contributed by atoms with E-state index in [1.165, 1.54) is 12.1 Å². The molecule has 0 saturated carbocycles. The van der Waals surface area contributed by atoms with E-state index in [0.29, 0.717) is 0 Å². The summed E-state index contributed by atoms with van der Waals surface area (Å²) in [6.07, 6.45) is 0. The van der Waals surface area contributed by atoms with E-state index < -0.39 is 4.92 Å². The third-order valence-electron chi connectivity index (χ3n) is 2.25. The van der Waals surface area contributed by atoms with Crippen molar-refractivity contribution in [3.8, 4) is 5.88 Å². The van der Waals surface area contributed by atoms with Crippen molar-refractivity contribution in [3.05, 3.63) is 58.1 Å². The number of hydrogen-bond donors (Lipinski definition) is 1. The molecule has 0 aliphatic heterocycles. The van der Waals surface area contributed by atoms with Crippen molar-refractivity contribution in [3.63, 3.8) is 0 Å². The summed E-state index contributed by atoms with van der Waals surface area (Å²) in [5.41, 5.74) is 6.29. The lowest BCUT2D eigenvalue weighted by Crippen LogP contribution is -2.01. The summed E-state index contributed by atoms with van der Waals surface area (Å²) < 4.78 is 5.37. The number of anilines is 1. The normalized spacial score (nSPS) is 10.0. The minimum atomic E-state index is -0.534. The Bertz CT molecular complexity index is 558. The maximum absolute atomic E-state index is 10.6. The Labute approximate surface area is 103 Å². The summed E-state index contributed by atoms with van der Waals surface area (Å²) in [5, 5.41) is 10.6. The summed E-state index contributed by atoms with van der Waals surface area (Å²) in [4.78, 5) is 14.0. The van der Waals surface area contributed by atoms with E-state index in [0.717, 1.165) is 5.56 Å². The predicted octanol–water partition coefficient (Wildman–Crippen LogP) is 2.15. The highest BCUT2D eigenvalue weighted by Gasteiger charge is 2.10. The molecule has 18 heavy (non-hydrogen) atoms. The second-order valence-corrected chi connectivity index (χ2v) is 3.62. The van der Waals surface area contributed by atoms with Gasteiger partial charge < -0.3 is 10.5 Å². The van der Waals surface area contributed by atoms with Crippen molar-refractivity contribution in [2.75, 3.05) is 5.73 Å². The summed E-state index contributed by atoms with van der Waals surface area (Å²) in [6, 6.07) is 11.9. The first-order chi connectivity index (χ1) is 8.65. The van der Waals surface area contributed by atoms with E-state index in [2.05, 4.69) is 4.98 Å². The molecule has 92 valence electrons. The summed E-state index contributed by atoms with van der Waals surface area (Å²) in [6.45, 7) is 0.286. The van der Waals surface area contributed by atoms with E-state index in [1.807, 2.05) is 30.3 Å². The van der Waals surface area contributed by atoms with Crippen LogP contribution in [0.3, 0.4) is 0 Å². The highest BCUT2D eigenvalue weighted by molar-refractivity contribution is 5.45. The Morgan fingerprint density at radius 2 is 2.00 bits per heavy atom. The minimum absolute atomic E-state index is 0.0623. The molecule has 2 aromatic rings. The van der Waals surface area contributed by atoms with Crippen molar-refractivity contribution < 1.29 is 9.66 Å². The number of rotatable bonds is 4. The minimum Gasteiger partial charge on any atom is -0.473 e. The third kappa shape index (κ3) is 2.94. The molecule has 0 aliphatic rings. The molecule has 2 rings (SSSR count). The van der Waals surface area contributed by atoms with Crippen LogP contribution < -0.4 is 10.5 Å². The van der Waals surface area contributed by atoms with Crippen LogP contribution in [0.5, 0.6) is 5.88 Å². The van der Waals surface area contributed by atoms with Gasteiger partial charge in [0.15, 0.2) is 0 Å². The number of pyridine rings is 1.